The van der Waals surface area contributed by atoms with Crippen LogP contribution in [0.5, 0.6) is 0 Å². The van der Waals surface area contributed by atoms with E-state index in [1.54, 1.807) is 6.08 Å². The van der Waals surface area contributed by atoms with Gasteiger partial charge in [0.25, 0.3) is 0 Å². The molecular formula is C65H111NO3. The van der Waals surface area contributed by atoms with Crippen LogP contribution < -0.4 is 5.32 Å². The number of carbonyl (C=O) groups is 1. The molecule has 0 aliphatic carbocycles. The molecule has 2 unspecified atom stereocenters. The van der Waals surface area contributed by atoms with E-state index in [1.807, 2.05) is 6.08 Å². The number of hydrogen-bond donors (Lipinski definition) is 3. The van der Waals surface area contributed by atoms with Gasteiger partial charge in [-0.15, -0.1) is 0 Å². The monoisotopic (exact) mass is 954 g/mol. The Balaban J connectivity index is 3.59. The number of amides is 1. The Bertz CT molecular complexity index is 1360. The summed E-state index contributed by atoms with van der Waals surface area (Å²) in [5.74, 6) is -0.0792. The molecule has 0 spiro atoms. The van der Waals surface area contributed by atoms with Crippen LogP contribution >= 0.6 is 0 Å². The van der Waals surface area contributed by atoms with E-state index in [4.69, 9.17) is 0 Å². The third kappa shape index (κ3) is 55.6. The summed E-state index contributed by atoms with van der Waals surface area (Å²) in [7, 11) is 0. The molecule has 394 valence electrons. The van der Waals surface area contributed by atoms with Gasteiger partial charge in [0, 0.05) is 6.42 Å². The van der Waals surface area contributed by atoms with Gasteiger partial charge in [-0.1, -0.05) is 283 Å². The summed E-state index contributed by atoms with van der Waals surface area (Å²) in [5, 5.41) is 23.1. The number of rotatable bonds is 52. The summed E-state index contributed by atoms with van der Waals surface area (Å²) in [5.41, 5.74) is 0. The standard InChI is InChI=1S/C65H111NO3/c1-3-5-7-9-11-13-15-17-19-21-23-25-26-27-28-29-30-31-32-33-34-35-36-37-38-39-40-41-43-45-47-49-51-53-55-57-59-61-65(69)66-63(62-67)64(68)60-58-56-54-52-50-48-46-44-42-24-22-20-18-16-14-12-10-8-6-4-2/h5,7,11,13,17,19,23,25,27-28,30-31,33-34,36-37,50,52,58,60,63-64,67-68H,3-4,6,8-10,12,14-16,18,20-22,24,26,29,32,35,38-49,51,53-57,59,61-62H2,1-2H3,(H,66,69)/b7-5-,13-11-,19-17-,25-23-,28-27-,31-30-,34-33-,37-36-,52-50+,60-58+. The number of hydrogen-bond acceptors (Lipinski definition) is 3. The van der Waals surface area contributed by atoms with Gasteiger partial charge >= 0.3 is 0 Å². The molecule has 0 radical (unpaired) electrons. The highest BCUT2D eigenvalue weighted by Gasteiger charge is 2.18. The fourth-order valence-corrected chi connectivity index (χ4v) is 8.27. The minimum absolute atomic E-state index is 0.0792. The lowest BCUT2D eigenvalue weighted by Gasteiger charge is -2.19. The second kappa shape index (κ2) is 59.1. The molecule has 3 N–H and O–H groups in total. The van der Waals surface area contributed by atoms with Crippen molar-refractivity contribution in [1.82, 2.24) is 5.32 Å². The molecule has 1 amide bonds. The zero-order chi connectivity index (χ0) is 49.9. The van der Waals surface area contributed by atoms with Crippen LogP contribution in [0.3, 0.4) is 0 Å². The van der Waals surface area contributed by atoms with Crippen LogP contribution in [0.1, 0.15) is 264 Å². The van der Waals surface area contributed by atoms with E-state index in [0.29, 0.717) is 6.42 Å². The first-order valence-corrected chi connectivity index (χ1v) is 29.2. The third-order valence-electron chi connectivity index (χ3n) is 12.7. The first-order valence-electron chi connectivity index (χ1n) is 29.2. The molecule has 0 fully saturated rings. The molecule has 0 saturated heterocycles. The summed E-state index contributed by atoms with van der Waals surface area (Å²) < 4.78 is 0. The molecule has 0 heterocycles. The van der Waals surface area contributed by atoms with Crippen molar-refractivity contribution in [1.29, 1.82) is 0 Å². The molecule has 0 aromatic heterocycles. The second-order valence-corrected chi connectivity index (χ2v) is 19.3. The average molecular weight is 955 g/mol. The zero-order valence-corrected chi connectivity index (χ0v) is 45.3. The highest BCUT2D eigenvalue weighted by molar-refractivity contribution is 5.76. The van der Waals surface area contributed by atoms with Gasteiger partial charge in [0.1, 0.15) is 0 Å². The molecule has 0 saturated carbocycles. The van der Waals surface area contributed by atoms with Crippen molar-refractivity contribution in [3.63, 3.8) is 0 Å². The molecule has 4 nitrogen and oxygen atoms in total. The number of allylic oxidation sites excluding steroid dienone is 19. The highest BCUT2D eigenvalue weighted by Crippen LogP contribution is 2.15. The van der Waals surface area contributed by atoms with Gasteiger partial charge in [0.15, 0.2) is 0 Å². The van der Waals surface area contributed by atoms with Crippen LogP contribution in [0.2, 0.25) is 0 Å². The van der Waals surface area contributed by atoms with E-state index in [2.05, 4.69) is 129 Å². The largest absolute Gasteiger partial charge is 0.394 e. The van der Waals surface area contributed by atoms with Gasteiger partial charge in [-0.05, 0) is 96.3 Å². The van der Waals surface area contributed by atoms with E-state index in [0.717, 1.165) is 83.5 Å². The lowest BCUT2D eigenvalue weighted by Crippen LogP contribution is -2.45. The van der Waals surface area contributed by atoms with Crippen LogP contribution in [0.25, 0.3) is 0 Å². The Hall–Kier alpha value is -3.21. The van der Waals surface area contributed by atoms with Crippen molar-refractivity contribution in [2.24, 2.45) is 0 Å². The lowest BCUT2D eigenvalue weighted by molar-refractivity contribution is -0.123. The van der Waals surface area contributed by atoms with Crippen molar-refractivity contribution in [3.05, 3.63) is 122 Å². The quantitative estimate of drug-likeness (QED) is 0.0420. The Morgan fingerprint density at radius 1 is 0.362 bits per heavy atom. The van der Waals surface area contributed by atoms with E-state index >= 15 is 0 Å². The van der Waals surface area contributed by atoms with E-state index in [-0.39, 0.29) is 12.5 Å². The summed E-state index contributed by atoms with van der Waals surface area (Å²) in [6.45, 7) is 4.19. The molecule has 69 heavy (non-hydrogen) atoms. The van der Waals surface area contributed by atoms with Gasteiger partial charge in [0.05, 0.1) is 18.8 Å². The minimum Gasteiger partial charge on any atom is -0.394 e. The van der Waals surface area contributed by atoms with Crippen molar-refractivity contribution >= 4 is 5.91 Å². The number of nitrogens with one attached hydrogen (secondary N) is 1. The van der Waals surface area contributed by atoms with E-state index < -0.39 is 12.1 Å². The molecule has 0 aromatic rings. The summed E-state index contributed by atoms with van der Waals surface area (Å²) in [6, 6.07) is -0.648. The van der Waals surface area contributed by atoms with Crippen LogP contribution in [0, 0.1) is 0 Å². The molecule has 0 aliphatic rings. The molecule has 0 aromatic carbocycles. The topological polar surface area (TPSA) is 69.6 Å². The fraction of sp³-hybridized carbons (Fsp3) is 0.677. The number of aliphatic hydroxyl groups excluding tert-OH is 2. The normalized spacial score (nSPS) is 13.7. The minimum atomic E-state index is -0.871. The molecule has 0 bridgehead atoms. The fourth-order valence-electron chi connectivity index (χ4n) is 8.27. The van der Waals surface area contributed by atoms with Crippen LogP contribution in [0.15, 0.2) is 122 Å². The molecule has 2 atom stereocenters. The second-order valence-electron chi connectivity index (χ2n) is 19.3. The molecule has 4 heteroatoms. The predicted octanol–water partition coefficient (Wildman–Crippen LogP) is 19.6. The maximum Gasteiger partial charge on any atom is 0.220 e. The summed E-state index contributed by atoms with van der Waals surface area (Å²) in [6.07, 6.45) is 90.7. The van der Waals surface area contributed by atoms with Gasteiger partial charge in [-0.25, -0.2) is 0 Å². The van der Waals surface area contributed by atoms with Crippen molar-refractivity contribution in [2.75, 3.05) is 6.61 Å². The smallest absolute Gasteiger partial charge is 0.220 e. The SMILES string of the molecule is CC/C=C\C/C=C\C/C=C\C/C=C\C/C=C\C/C=C\C/C=C\C/C=C\CCCCCCCCCCCCCCC(=O)NC(CO)C(O)/C=C/CC/C=C/CCCCCCCCCCCCCCCC. The van der Waals surface area contributed by atoms with Crippen LogP contribution in [0.4, 0.5) is 0 Å². The van der Waals surface area contributed by atoms with Gasteiger partial charge < -0.3 is 15.5 Å². The lowest BCUT2D eigenvalue weighted by atomic mass is 10.0. The molecular weight excluding hydrogens is 843 g/mol. The Morgan fingerprint density at radius 2 is 0.652 bits per heavy atom. The number of carbonyl (C=O) groups excluding carboxylic acids is 1. The van der Waals surface area contributed by atoms with Crippen LogP contribution in [-0.2, 0) is 4.79 Å². The van der Waals surface area contributed by atoms with Crippen molar-refractivity contribution in [3.8, 4) is 0 Å². The van der Waals surface area contributed by atoms with E-state index in [9.17, 15) is 15.0 Å². The van der Waals surface area contributed by atoms with Crippen molar-refractivity contribution < 1.29 is 15.0 Å². The first kappa shape index (κ1) is 65.8. The third-order valence-corrected chi connectivity index (χ3v) is 12.7. The molecule has 0 aliphatic heterocycles. The number of aliphatic hydroxyl groups is 2. The van der Waals surface area contributed by atoms with Crippen molar-refractivity contribution in [2.45, 2.75) is 276 Å². The Morgan fingerprint density at radius 3 is 1.01 bits per heavy atom. The summed E-state index contributed by atoms with van der Waals surface area (Å²) in [4.78, 5) is 12.5. The average Bonchev–Trinajstić information content (AvgIpc) is 3.35. The first-order chi connectivity index (χ1) is 34.2. The van der Waals surface area contributed by atoms with Crippen LogP contribution in [-0.4, -0.2) is 34.9 Å². The van der Waals surface area contributed by atoms with Gasteiger partial charge in [-0.3, -0.25) is 4.79 Å². The predicted molar refractivity (Wildman–Crippen MR) is 308 cm³/mol. The maximum absolute atomic E-state index is 12.5. The highest BCUT2D eigenvalue weighted by atomic mass is 16.3. The van der Waals surface area contributed by atoms with Gasteiger partial charge in [0.2, 0.25) is 5.91 Å². The molecule has 0 rings (SSSR count). The Labute approximate surface area is 428 Å². The van der Waals surface area contributed by atoms with E-state index in [1.165, 1.54) is 161 Å². The zero-order valence-electron chi connectivity index (χ0n) is 45.3. The van der Waals surface area contributed by atoms with Gasteiger partial charge in [-0.2, -0.15) is 0 Å². The summed E-state index contributed by atoms with van der Waals surface area (Å²) >= 11 is 0. The number of unbranched alkanes of at least 4 members (excludes halogenated alkanes) is 27. The Kier molecular flexibility index (Phi) is 56.4. The maximum atomic E-state index is 12.5.